The molecular weight excluding hydrogens is 440 g/mol. The molecule has 1 aliphatic rings. The van der Waals surface area contributed by atoms with Crippen LogP contribution in [0.3, 0.4) is 0 Å². The number of hydrogen-bond donors (Lipinski definition) is 4. The number of amides is 3. The monoisotopic (exact) mass is 464 g/mol. The Balaban J connectivity index is 1.37. The molecular formula is C24H24N4O4S. The molecule has 0 bridgehead atoms. The van der Waals surface area contributed by atoms with Gasteiger partial charge in [0.25, 0.3) is 5.91 Å². The van der Waals surface area contributed by atoms with Crippen molar-refractivity contribution < 1.29 is 18.0 Å². The third-order valence-electron chi connectivity index (χ3n) is 5.03. The number of nitrogens with one attached hydrogen (secondary N) is 4. The second kappa shape index (κ2) is 9.85. The van der Waals surface area contributed by atoms with Gasteiger partial charge < -0.3 is 16.0 Å². The highest BCUT2D eigenvalue weighted by atomic mass is 32.2. The van der Waals surface area contributed by atoms with Crippen molar-refractivity contribution in [1.82, 2.24) is 10.0 Å². The Labute approximate surface area is 192 Å². The summed E-state index contributed by atoms with van der Waals surface area (Å²) in [4.78, 5) is 24.5. The van der Waals surface area contributed by atoms with Crippen LogP contribution in [0.15, 0.2) is 83.8 Å². The molecule has 0 atom stereocenters. The van der Waals surface area contributed by atoms with Gasteiger partial charge in [0.2, 0.25) is 10.0 Å². The van der Waals surface area contributed by atoms with E-state index in [1.54, 1.807) is 30.3 Å². The van der Waals surface area contributed by atoms with Crippen LogP contribution in [0.4, 0.5) is 16.2 Å². The minimum Gasteiger partial charge on any atom is -0.335 e. The minimum absolute atomic E-state index is 0.00676. The SMILES string of the molecule is O=C(Nc1ccc(NC(=O)c2cccc(S(=O)(=O)NCc3ccccc3)c2)cc1)NC1CC1. The van der Waals surface area contributed by atoms with E-state index < -0.39 is 15.9 Å². The van der Waals surface area contributed by atoms with Crippen LogP contribution >= 0.6 is 0 Å². The van der Waals surface area contributed by atoms with Crippen LogP contribution in [0, 0.1) is 0 Å². The molecule has 170 valence electrons. The first kappa shape index (κ1) is 22.5. The van der Waals surface area contributed by atoms with Crippen LogP contribution in [0.25, 0.3) is 0 Å². The lowest BCUT2D eigenvalue weighted by Gasteiger charge is -2.10. The average molecular weight is 465 g/mol. The number of rotatable bonds is 8. The van der Waals surface area contributed by atoms with Crippen LogP contribution in [0.5, 0.6) is 0 Å². The van der Waals surface area contributed by atoms with Crippen LogP contribution in [0.2, 0.25) is 0 Å². The van der Waals surface area contributed by atoms with Crippen molar-refractivity contribution in [3.8, 4) is 0 Å². The number of sulfonamides is 1. The van der Waals surface area contributed by atoms with Gasteiger partial charge in [0.05, 0.1) is 4.90 Å². The second-order valence-corrected chi connectivity index (χ2v) is 9.51. The Kier molecular flexibility index (Phi) is 6.71. The lowest BCUT2D eigenvalue weighted by molar-refractivity contribution is 0.102. The molecule has 4 N–H and O–H groups in total. The third-order valence-corrected chi connectivity index (χ3v) is 6.43. The van der Waals surface area contributed by atoms with E-state index in [-0.39, 0.29) is 29.1 Å². The molecule has 4 rings (SSSR count). The molecule has 3 aromatic carbocycles. The summed E-state index contributed by atoms with van der Waals surface area (Å²) < 4.78 is 27.9. The van der Waals surface area contributed by atoms with Gasteiger partial charge in [0.1, 0.15) is 0 Å². The molecule has 1 saturated carbocycles. The van der Waals surface area contributed by atoms with E-state index in [4.69, 9.17) is 0 Å². The molecule has 1 aliphatic carbocycles. The molecule has 0 saturated heterocycles. The van der Waals surface area contributed by atoms with E-state index in [0.29, 0.717) is 11.4 Å². The summed E-state index contributed by atoms with van der Waals surface area (Å²) in [6, 6.07) is 21.7. The third kappa shape index (κ3) is 6.41. The lowest BCUT2D eigenvalue weighted by atomic mass is 10.2. The number of anilines is 2. The number of carbonyl (C=O) groups excluding carboxylic acids is 2. The van der Waals surface area contributed by atoms with Crippen molar-refractivity contribution in [3.05, 3.63) is 90.0 Å². The molecule has 1 fully saturated rings. The fourth-order valence-corrected chi connectivity index (χ4v) is 4.15. The summed E-state index contributed by atoms with van der Waals surface area (Å²) in [6.45, 7) is 0.151. The Hall–Kier alpha value is -3.69. The normalized spacial score (nSPS) is 13.2. The smallest absolute Gasteiger partial charge is 0.319 e. The molecule has 0 aromatic heterocycles. The van der Waals surface area contributed by atoms with Crippen molar-refractivity contribution >= 4 is 33.3 Å². The van der Waals surface area contributed by atoms with Gasteiger partial charge >= 0.3 is 6.03 Å². The van der Waals surface area contributed by atoms with E-state index in [1.807, 2.05) is 30.3 Å². The maximum atomic E-state index is 12.7. The van der Waals surface area contributed by atoms with E-state index in [0.717, 1.165) is 18.4 Å². The first-order chi connectivity index (χ1) is 15.9. The Bertz CT molecular complexity index is 1240. The topological polar surface area (TPSA) is 116 Å². The quantitative estimate of drug-likeness (QED) is 0.407. The summed E-state index contributed by atoms with van der Waals surface area (Å²) in [7, 11) is -3.78. The molecule has 0 spiro atoms. The molecule has 8 nitrogen and oxygen atoms in total. The minimum atomic E-state index is -3.78. The average Bonchev–Trinajstić information content (AvgIpc) is 3.64. The van der Waals surface area contributed by atoms with Crippen LogP contribution in [0.1, 0.15) is 28.8 Å². The first-order valence-corrected chi connectivity index (χ1v) is 12.0. The van der Waals surface area contributed by atoms with E-state index >= 15 is 0 Å². The van der Waals surface area contributed by atoms with Gasteiger partial charge in [0, 0.05) is 29.5 Å². The highest BCUT2D eigenvalue weighted by Crippen LogP contribution is 2.20. The molecule has 9 heteroatoms. The van der Waals surface area contributed by atoms with Crippen LogP contribution < -0.4 is 20.7 Å². The highest BCUT2D eigenvalue weighted by molar-refractivity contribution is 7.89. The summed E-state index contributed by atoms with van der Waals surface area (Å²) in [5.74, 6) is -0.442. The van der Waals surface area contributed by atoms with Crippen LogP contribution in [-0.2, 0) is 16.6 Å². The van der Waals surface area contributed by atoms with Gasteiger partial charge in [-0.2, -0.15) is 0 Å². The number of urea groups is 1. The number of carbonyl (C=O) groups is 2. The largest absolute Gasteiger partial charge is 0.335 e. The summed E-state index contributed by atoms with van der Waals surface area (Å²) in [6.07, 6.45) is 2.01. The predicted molar refractivity (Wildman–Crippen MR) is 126 cm³/mol. The number of benzene rings is 3. The number of hydrogen-bond acceptors (Lipinski definition) is 4. The van der Waals surface area contributed by atoms with E-state index in [9.17, 15) is 18.0 Å². The predicted octanol–water partition coefficient (Wildman–Crippen LogP) is 3.70. The van der Waals surface area contributed by atoms with Gasteiger partial charge in [-0.1, -0.05) is 36.4 Å². The van der Waals surface area contributed by atoms with Gasteiger partial charge in [-0.25, -0.2) is 17.9 Å². The van der Waals surface area contributed by atoms with E-state index in [1.165, 1.54) is 18.2 Å². The molecule has 3 amide bonds. The molecule has 33 heavy (non-hydrogen) atoms. The van der Waals surface area contributed by atoms with Crippen molar-refractivity contribution in [2.45, 2.75) is 30.3 Å². The Morgan fingerprint density at radius 2 is 1.48 bits per heavy atom. The molecule has 3 aromatic rings. The lowest BCUT2D eigenvalue weighted by Crippen LogP contribution is -2.30. The Morgan fingerprint density at radius 3 is 2.15 bits per heavy atom. The zero-order valence-electron chi connectivity index (χ0n) is 17.7. The molecule has 0 radical (unpaired) electrons. The molecule has 0 unspecified atom stereocenters. The Morgan fingerprint density at radius 1 is 0.818 bits per heavy atom. The van der Waals surface area contributed by atoms with Crippen LogP contribution in [-0.4, -0.2) is 26.4 Å². The summed E-state index contributed by atoms with van der Waals surface area (Å²) >= 11 is 0. The van der Waals surface area contributed by atoms with Gasteiger partial charge in [-0.05, 0) is 60.9 Å². The van der Waals surface area contributed by atoms with Gasteiger partial charge in [-0.3, -0.25) is 4.79 Å². The second-order valence-electron chi connectivity index (χ2n) is 7.74. The summed E-state index contributed by atoms with van der Waals surface area (Å²) in [5, 5.41) is 8.30. The standard InChI is InChI=1S/C24H24N4O4S/c29-23(26-19-9-11-20(12-10-19)27-24(30)28-21-13-14-21)18-7-4-8-22(15-18)33(31,32)25-16-17-5-2-1-3-6-17/h1-12,15,21,25H,13-14,16H2,(H,26,29)(H2,27,28,30). The fraction of sp³-hybridized carbons (Fsp3) is 0.167. The van der Waals surface area contributed by atoms with Gasteiger partial charge in [-0.15, -0.1) is 0 Å². The maximum absolute atomic E-state index is 12.7. The molecule has 0 aliphatic heterocycles. The zero-order chi connectivity index (χ0) is 23.3. The zero-order valence-corrected chi connectivity index (χ0v) is 18.6. The summed E-state index contributed by atoms with van der Waals surface area (Å²) in [5.41, 5.74) is 2.16. The van der Waals surface area contributed by atoms with E-state index in [2.05, 4.69) is 20.7 Å². The highest BCUT2D eigenvalue weighted by Gasteiger charge is 2.23. The first-order valence-electron chi connectivity index (χ1n) is 10.5. The molecule has 0 heterocycles. The van der Waals surface area contributed by atoms with Crippen molar-refractivity contribution in [2.75, 3.05) is 10.6 Å². The van der Waals surface area contributed by atoms with Crippen molar-refractivity contribution in [2.24, 2.45) is 0 Å². The van der Waals surface area contributed by atoms with Crippen molar-refractivity contribution in [3.63, 3.8) is 0 Å². The fourth-order valence-electron chi connectivity index (χ4n) is 3.08. The van der Waals surface area contributed by atoms with Crippen molar-refractivity contribution in [1.29, 1.82) is 0 Å². The maximum Gasteiger partial charge on any atom is 0.319 e. The van der Waals surface area contributed by atoms with Gasteiger partial charge in [0.15, 0.2) is 0 Å².